The average molecular weight is 273 g/mol. The Kier molecular flexibility index (Phi) is 6.46. The number of hydrogen-bond acceptors (Lipinski definition) is 3. The van der Waals surface area contributed by atoms with Gasteiger partial charge in [0.25, 0.3) is 0 Å². The zero-order valence-electron chi connectivity index (χ0n) is 13.3. The quantitative estimate of drug-likeness (QED) is 0.563. The molecule has 0 spiro atoms. The normalized spacial score (nSPS) is 20.6. The van der Waals surface area contributed by atoms with E-state index in [0.717, 1.165) is 36.7 Å². The topological polar surface area (TPSA) is 18.8 Å². The van der Waals surface area contributed by atoms with E-state index < -0.39 is 0 Å². The highest BCUT2D eigenvalue weighted by molar-refractivity contribution is 5.79. The molecule has 20 heavy (non-hydrogen) atoms. The molecule has 0 N–H and O–H groups in total. The molecule has 0 saturated carbocycles. The summed E-state index contributed by atoms with van der Waals surface area (Å²) in [6.45, 7) is 19.1. The molecule has 3 nitrogen and oxygen atoms in total. The van der Waals surface area contributed by atoms with E-state index in [4.69, 9.17) is 0 Å². The third-order valence-corrected chi connectivity index (χ3v) is 3.72. The SMILES string of the molecule is C=CC(C)N1CCN(C(/C=N\C(C)=C/C)=C/C)C(=C)C1. The molecule has 1 aliphatic heterocycles. The molecule has 3 heteroatoms. The van der Waals surface area contributed by atoms with Gasteiger partial charge in [0.1, 0.15) is 0 Å². The van der Waals surface area contributed by atoms with Crippen LogP contribution in [0.25, 0.3) is 0 Å². The molecule has 0 aromatic heterocycles. The highest BCUT2D eigenvalue weighted by Crippen LogP contribution is 2.19. The van der Waals surface area contributed by atoms with Crippen LogP contribution in [0, 0.1) is 0 Å². The van der Waals surface area contributed by atoms with Gasteiger partial charge in [-0.3, -0.25) is 9.89 Å². The van der Waals surface area contributed by atoms with E-state index in [2.05, 4.69) is 40.9 Å². The third kappa shape index (κ3) is 4.20. The molecule has 1 heterocycles. The van der Waals surface area contributed by atoms with Crippen molar-refractivity contribution in [3.8, 4) is 0 Å². The minimum Gasteiger partial charge on any atom is -0.342 e. The Hall–Kier alpha value is -1.61. The largest absolute Gasteiger partial charge is 0.342 e. The van der Waals surface area contributed by atoms with Crippen LogP contribution < -0.4 is 0 Å². The van der Waals surface area contributed by atoms with E-state index in [1.165, 1.54) is 0 Å². The lowest BCUT2D eigenvalue weighted by Crippen LogP contribution is -2.47. The Bertz CT molecular complexity index is 443. The maximum Gasteiger partial charge on any atom is 0.0551 e. The van der Waals surface area contributed by atoms with Crippen molar-refractivity contribution in [2.45, 2.75) is 33.7 Å². The van der Waals surface area contributed by atoms with Gasteiger partial charge in [-0.25, -0.2) is 0 Å². The number of piperazine rings is 1. The van der Waals surface area contributed by atoms with Crippen molar-refractivity contribution >= 4 is 6.21 Å². The Morgan fingerprint density at radius 3 is 2.50 bits per heavy atom. The summed E-state index contributed by atoms with van der Waals surface area (Å²) in [4.78, 5) is 9.08. The molecule has 1 saturated heterocycles. The van der Waals surface area contributed by atoms with Crippen LogP contribution >= 0.6 is 0 Å². The molecule has 1 atom stereocenters. The van der Waals surface area contributed by atoms with E-state index in [0.29, 0.717) is 6.04 Å². The summed E-state index contributed by atoms with van der Waals surface area (Å²) >= 11 is 0. The first-order chi connectivity index (χ1) is 9.53. The molecular formula is C17H27N3. The molecule has 0 aliphatic carbocycles. The first-order valence-corrected chi connectivity index (χ1v) is 7.18. The minimum atomic E-state index is 0.391. The van der Waals surface area contributed by atoms with Crippen LogP contribution in [0.5, 0.6) is 0 Å². The van der Waals surface area contributed by atoms with Gasteiger partial charge in [-0.2, -0.15) is 0 Å². The monoisotopic (exact) mass is 273 g/mol. The average Bonchev–Trinajstić information content (AvgIpc) is 2.47. The Morgan fingerprint density at radius 1 is 1.30 bits per heavy atom. The molecule has 110 valence electrons. The zero-order valence-corrected chi connectivity index (χ0v) is 13.3. The zero-order chi connectivity index (χ0) is 15.1. The fourth-order valence-corrected chi connectivity index (χ4v) is 2.14. The molecule has 0 bridgehead atoms. The van der Waals surface area contributed by atoms with Gasteiger partial charge in [0.2, 0.25) is 0 Å². The molecule has 1 fully saturated rings. The lowest BCUT2D eigenvalue weighted by Gasteiger charge is -2.40. The van der Waals surface area contributed by atoms with Crippen LogP contribution in [0.1, 0.15) is 27.7 Å². The molecule has 1 unspecified atom stereocenters. The molecule has 0 aromatic carbocycles. The van der Waals surface area contributed by atoms with Gasteiger partial charge >= 0.3 is 0 Å². The summed E-state index contributed by atoms with van der Waals surface area (Å²) in [5, 5.41) is 0. The predicted octanol–water partition coefficient (Wildman–Crippen LogP) is 3.59. The van der Waals surface area contributed by atoms with E-state index in [1.54, 1.807) is 0 Å². The van der Waals surface area contributed by atoms with Crippen molar-refractivity contribution in [2.24, 2.45) is 4.99 Å². The van der Waals surface area contributed by atoms with Crippen molar-refractivity contribution in [2.75, 3.05) is 19.6 Å². The smallest absolute Gasteiger partial charge is 0.0551 e. The maximum atomic E-state index is 4.45. The number of hydrogen-bond donors (Lipinski definition) is 0. The van der Waals surface area contributed by atoms with Crippen LogP contribution in [0.2, 0.25) is 0 Å². The molecule has 0 aromatic rings. The third-order valence-electron chi connectivity index (χ3n) is 3.72. The summed E-state index contributed by atoms with van der Waals surface area (Å²) in [6, 6.07) is 0.391. The van der Waals surface area contributed by atoms with Crippen molar-refractivity contribution in [3.63, 3.8) is 0 Å². The lowest BCUT2D eigenvalue weighted by molar-refractivity contribution is 0.183. The summed E-state index contributed by atoms with van der Waals surface area (Å²) < 4.78 is 0. The van der Waals surface area contributed by atoms with E-state index in [-0.39, 0.29) is 0 Å². The molecule has 0 radical (unpaired) electrons. The Balaban J connectivity index is 2.75. The molecule has 0 amide bonds. The van der Waals surface area contributed by atoms with E-state index in [9.17, 15) is 0 Å². The second-order valence-electron chi connectivity index (χ2n) is 5.07. The van der Waals surface area contributed by atoms with Crippen molar-refractivity contribution in [3.05, 3.63) is 48.5 Å². The molecular weight excluding hydrogens is 246 g/mol. The van der Waals surface area contributed by atoms with Crippen LogP contribution in [0.15, 0.2) is 53.5 Å². The van der Waals surface area contributed by atoms with E-state index in [1.807, 2.05) is 39.1 Å². The first-order valence-electron chi connectivity index (χ1n) is 7.18. The van der Waals surface area contributed by atoms with Crippen molar-refractivity contribution in [1.82, 2.24) is 9.80 Å². The second kappa shape index (κ2) is 7.85. The predicted molar refractivity (Wildman–Crippen MR) is 88.8 cm³/mol. The summed E-state index contributed by atoms with van der Waals surface area (Å²) in [7, 11) is 0. The van der Waals surface area contributed by atoms with Gasteiger partial charge in [0.15, 0.2) is 0 Å². The van der Waals surface area contributed by atoms with Crippen LogP contribution in [0.3, 0.4) is 0 Å². The van der Waals surface area contributed by atoms with Crippen LogP contribution in [-0.4, -0.2) is 41.7 Å². The Labute approximate surface area is 123 Å². The second-order valence-corrected chi connectivity index (χ2v) is 5.07. The standard InChI is InChI=1S/C17H27N3/c1-7-14(4)18-12-17(9-3)20-11-10-19(13-16(20)6)15(5)8-2/h7-9,12,15H,2,6,10-11,13H2,1,3-5H3/b14-7-,17-9+,18-12-. The summed E-state index contributed by atoms with van der Waals surface area (Å²) in [5.74, 6) is 0. The van der Waals surface area contributed by atoms with Gasteiger partial charge in [-0.1, -0.05) is 24.8 Å². The summed E-state index contributed by atoms with van der Waals surface area (Å²) in [5.41, 5.74) is 3.25. The number of allylic oxidation sites excluding steroid dienone is 4. The van der Waals surface area contributed by atoms with Crippen molar-refractivity contribution < 1.29 is 0 Å². The Morgan fingerprint density at radius 2 is 2.00 bits per heavy atom. The fraction of sp³-hybridized carbons (Fsp3) is 0.471. The number of aliphatic imine (C=N–C) groups is 1. The number of nitrogens with zero attached hydrogens (tertiary/aromatic N) is 3. The van der Waals surface area contributed by atoms with Crippen LogP contribution in [-0.2, 0) is 0 Å². The highest BCUT2D eigenvalue weighted by Gasteiger charge is 2.23. The maximum absolute atomic E-state index is 4.45. The van der Waals surface area contributed by atoms with Crippen LogP contribution in [0.4, 0.5) is 0 Å². The molecule has 1 aliphatic rings. The first kappa shape index (κ1) is 16.4. The number of rotatable bonds is 5. The van der Waals surface area contributed by atoms with Gasteiger partial charge in [0.05, 0.1) is 11.9 Å². The summed E-state index contributed by atoms with van der Waals surface area (Å²) in [6.07, 6.45) is 8.00. The van der Waals surface area contributed by atoms with Gasteiger partial charge in [0, 0.05) is 37.1 Å². The fourth-order valence-electron chi connectivity index (χ4n) is 2.14. The lowest BCUT2D eigenvalue weighted by atomic mass is 10.2. The van der Waals surface area contributed by atoms with Gasteiger partial charge in [-0.05, 0) is 27.7 Å². The molecule has 1 rings (SSSR count). The highest BCUT2D eigenvalue weighted by atomic mass is 15.3. The van der Waals surface area contributed by atoms with E-state index >= 15 is 0 Å². The van der Waals surface area contributed by atoms with Crippen molar-refractivity contribution in [1.29, 1.82) is 0 Å². The minimum absolute atomic E-state index is 0.391. The van der Waals surface area contributed by atoms with Gasteiger partial charge < -0.3 is 4.90 Å². The van der Waals surface area contributed by atoms with Gasteiger partial charge in [-0.15, -0.1) is 6.58 Å².